The summed E-state index contributed by atoms with van der Waals surface area (Å²) in [5.74, 6) is 0. The summed E-state index contributed by atoms with van der Waals surface area (Å²) in [5.41, 5.74) is 0. The lowest BCUT2D eigenvalue weighted by Crippen LogP contribution is -1.41. The second kappa shape index (κ2) is 3.64. The Bertz CT molecular complexity index is 36.9. The third-order valence-electron chi connectivity index (χ3n) is 0.118. The smallest absolute Gasteiger partial charge is 0.395 e. The molecule has 0 radical (unpaired) electrons. The van der Waals surface area contributed by atoms with Crippen LogP contribution in [-0.2, 0) is 9.09 Å². The van der Waals surface area contributed by atoms with Crippen LogP contribution in [0.1, 0.15) is 0 Å². The molecule has 0 saturated heterocycles. The average Bonchev–Trinajstić information content (AvgIpc) is 1.41. The van der Waals surface area contributed by atoms with Crippen LogP contribution in [0.25, 0.3) is 0 Å². The van der Waals surface area contributed by atoms with Gasteiger partial charge in [-0.25, -0.2) is 4.57 Å². The molecule has 0 bridgehead atoms. The summed E-state index contributed by atoms with van der Waals surface area (Å²) in [6, 6.07) is 0. The van der Waals surface area contributed by atoms with Crippen molar-refractivity contribution in [2.75, 3.05) is 0 Å². The van der Waals surface area contributed by atoms with Gasteiger partial charge in [0, 0.05) is 0 Å². The SMILES string of the molecule is C=COP=O. The molecule has 0 aromatic rings. The van der Waals surface area contributed by atoms with Crippen LogP contribution in [0.2, 0.25) is 0 Å². The summed E-state index contributed by atoms with van der Waals surface area (Å²) in [4.78, 5) is 0. The van der Waals surface area contributed by atoms with E-state index in [1.807, 2.05) is 0 Å². The van der Waals surface area contributed by atoms with Crippen LogP contribution in [0.15, 0.2) is 12.8 Å². The fourth-order valence-corrected chi connectivity index (χ4v) is 0.0913. The van der Waals surface area contributed by atoms with Crippen LogP contribution in [0.5, 0.6) is 0 Å². The van der Waals surface area contributed by atoms with Gasteiger partial charge >= 0.3 is 8.69 Å². The molecule has 0 heterocycles. The first-order chi connectivity index (χ1) is 2.41. The van der Waals surface area contributed by atoms with E-state index in [9.17, 15) is 4.57 Å². The van der Waals surface area contributed by atoms with E-state index >= 15 is 0 Å². The molecule has 0 amide bonds. The van der Waals surface area contributed by atoms with Gasteiger partial charge in [0.2, 0.25) is 0 Å². The fraction of sp³-hybridized carbons (Fsp3) is 0. The molecule has 5 heavy (non-hydrogen) atoms. The van der Waals surface area contributed by atoms with Gasteiger partial charge in [-0.15, -0.1) is 0 Å². The van der Waals surface area contributed by atoms with Crippen LogP contribution >= 0.6 is 8.69 Å². The van der Waals surface area contributed by atoms with Gasteiger partial charge in [0.15, 0.2) is 0 Å². The van der Waals surface area contributed by atoms with Crippen LogP contribution < -0.4 is 0 Å². The van der Waals surface area contributed by atoms with Gasteiger partial charge in [0.05, 0.1) is 6.26 Å². The van der Waals surface area contributed by atoms with E-state index in [0.29, 0.717) is 0 Å². The quantitative estimate of drug-likeness (QED) is 0.378. The van der Waals surface area contributed by atoms with Gasteiger partial charge in [-0.3, -0.25) is 0 Å². The molecule has 0 atom stereocenters. The molecule has 0 spiro atoms. The summed E-state index contributed by atoms with van der Waals surface area (Å²) in [6.45, 7) is 3.12. The zero-order valence-corrected chi connectivity index (χ0v) is 3.44. The summed E-state index contributed by atoms with van der Waals surface area (Å²) in [7, 11) is -0.338. The number of hydrogen-bond donors (Lipinski definition) is 0. The number of rotatable bonds is 2. The van der Waals surface area contributed by atoms with Crippen molar-refractivity contribution < 1.29 is 9.09 Å². The van der Waals surface area contributed by atoms with Crippen LogP contribution in [0.3, 0.4) is 0 Å². The van der Waals surface area contributed by atoms with Gasteiger partial charge < -0.3 is 4.52 Å². The fourth-order valence-electron chi connectivity index (χ4n) is 0.0304. The normalized spacial score (nSPS) is 7.20. The van der Waals surface area contributed by atoms with E-state index < -0.39 is 0 Å². The molecule has 0 saturated carbocycles. The Morgan fingerprint density at radius 2 is 2.60 bits per heavy atom. The van der Waals surface area contributed by atoms with Crippen LogP contribution in [0, 0.1) is 0 Å². The molecule has 28 valence electrons. The van der Waals surface area contributed by atoms with E-state index in [-0.39, 0.29) is 8.69 Å². The first-order valence-corrected chi connectivity index (χ1v) is 1.74. The molecule has 0 aliphatic carbocycles. The molecule has 0 aromatic carbocycles. The Balaban J connectivity index is 2.65. The Morgan fingerprint density at radius 1 is 2.00 bits per heavy atom. The van der Waals surface area contributed by atoms with Crippen molar-refractivity contribution in [3.05, 3.63) is 12.8 Å². The summed E-state index contributed by atoms with van der Waals surface area (Å²) in [6.07, 6.45) is 1.11. The van der Waals surface area contributed by atoms with Gasteiger partial charge in [0.25, 0.3) is 0 Å². The van der Waals surface area contributed by atoms with Gasteiger partial charge in [-0.05, 0) is 0 Å². The van der Waals surface area contributed by atoms with Crippen molar-refractivity contribution in [1.82, 2.24) is 0 Å². The monoisotopic (exact) mass is 90.0 g/mol. The highest BCUT2D eigenvalue weighted by molar-refractivity contribution is 7.17. The second-order valence-electron chi connectivity index (χ2n) is 0.347. The predicted molar refractivity (Wildman–Crippen MR) is 18.9 cm³/mol. The molecular weight excluding hydrogens is 87.0 g/mol. The Kier molecular flexibility index (Phi) is 3.38. The van der Waals surface area contributed by atoms with Crippen molar-refractivity contribution >= 4 is 8.69 Å². The molecule has 2 nitrogen and oxygen atoms in total. The molecule has 0 fully saturated rings. The first-order valence-electron chi connectivity index (χ1n) is 1.01. The summed E-state index contributed by atoms with van der Waals surface area (Å²) < 4.78 is 13.2. The van der Waals surface area contributed by atoms with E-state index in [1.54, 1.807) is 0 Å². The standard InChI is InChI=1S/C2H3O2P/c1-2-4-5-3/h2H,1H2. The van der Waals surface area contributed by atoms with E-state index in [1.165, 1.54) is 0 Å². The lowest BCUT2D eigenvalue weighted by atomic mass is 11.2. The maximum absolute atomic E-state index is 9.21. The Labute approximate surface area is 31.7 Å². The van der Waals surface area contributed by atoms with E-state index in [4.69, 9.17) is 0 Å². The minimum Gasteiger partial charge on any atom is -0.416 e. The van der Waals surface area contributed by atoms with E-state index in [0.717, 1.165) is 6.26 Å². The lowest BCUT2D eigenvalue weighted by Gasteiger charge is -1.68. The maximum Gasteiger partial charge on any atom is 0.395 e. The zero-order chi connectivity index (χ0) is 4.12. The summed E-state index contributed by atoms with van der Waals surface area (Å²) in [5, 5.41) is 0. The lowest BCUT2D eigenvalue weighted by molar-refractivity contribution is 0.485. The third-order valence-corrected chi connectivity index (χ3v) is 0.353. The molecule has 0 rings (SSSR count). The largest absolute Gasteiger partial charge is 0.416 e. The number of hydrogen-bond acceptors (Lipinski definition) is 2. The van der Waals surface area contributed by atoms with Crippen LogP contribution in [-0.4, -0.2) is 0 Å². The highest BCUT2D eigenvalue weighted by Crippen LogP contribution is 1.90. The average molecular weight is 90.0 g/mol. The molecule has 0 aromatic heterocycles. The minimum absolute atomic E-state index is 0.338. The minimum atomic E-state index is -0.338. The van der Waals surface area contributed by atoms with Gasteiger partial charge in [0.1, 0.15) is 0 Å². The molecule has 0 N–H and O–H groups in total. The Hall–Kier alpha value is -0.360. The second-order valence-corrected chi connectivity index (χ2v) is 0.707. The maximum atomic E-state index is 9.21. The van der Waals surface area contributed by atoms with Crippen molar-refractivity contribution in [2.45, 2.75) is 0 Å². The molecular formula is C2H3O2P. The molecule has 0 aliphatic heterocycles. The van der Waals surface area contributed by atoms with E-state index in [2.05, 4.69) is 11.1 Å². The highest BCUT2D eigenvalue weighted by Gasteiger charge is 1.57. The molecule has 3 heteroatoms. The topological polar surface area (TPSA) is 26.3 Å². The first kappa shape index (κ1) is 4.64. The van der Waals surface area contributed by atoms with Gasteiger partial charge in [-0.1, -0.05) is 6.58 Å². The predicted octanol–water partition coefficient (Wildman–Crippen LogP) is 1.35. The molecule has 0 aliphatic rings. The van der Waals surface area contributed by atoms with Crippen molar-refractivity contribution in [1.29, 1.82) is 0 Å². The Morgan fingerprint density at radius 3 is 2.60 bits per heavy atom. The van der Waals surface area contributed by atoms with Crippen molar-refractivity contribution in [3.63, 3.8) is 0 Å². The van der Waals surface area contributed by atoms with Crippen molar-refractivity contribution in [3.8, 4) is 0 Å². The zero-order valence-electron chi connectivity index (χ0n) is 2.55. The third kappa shape index (κ3) is 3.64. The van der Waals surface area contributed by atoms with Gasteiger partial charge in [-0.2, -0.15) is 0 Å². The highest BCUT2D eigenvalue weighted by atomic mass is 31.1. The van der Waals surface area contributed by atoms with Crippen LogP contribution in [0.4, 0.5) is 0 Å². The summed E-state index contributed by atoms with van der Waals surface area (Å²) >= 11 is 0. The van der Waals surface area contributed by atoms with Crippen molar-refractivity contribution in [2.24, 2.45) is 0 Å². The molecule has 0 unspecified atom stereocenters.